The highest BCUT2D eigenvalue weighted by atomic mass is 16.5. The molecule has 0 fully saturated rings. The van der Waals surface area contributed by atoms with Gasteiger partial charge in [0.25, 0.3) is 5.91 Å². The smallest absolute Gasteiger partial charge is 0.261 e. The second kappa shape index (κ2) is 9.27. The highest BCUT2D eigenvalue weighted by Gasteiger charge is 2.22. The zero-order valence-electron chi connectivity index (χ0n) is 16.6. The summed E-state index contributed by atoms with van der Waals surface area (Å²) < 4.78 is 11.2. The third-order valence-corrected chi connectivity index (χ3v) is 4.91. The average Bonchev–Trinajstić information content (AvgIpc) is 2.75. The first-order valence-electron chi connectivity index (χ1n) is 9.74. The van der Waals surface area contributed by atoms with Gasteiger partial charge in [-0.15, -0.1) is 0 Å². The van der Waals surface area contributed by atoms with Crippen molar-refractivity contribution in [2.75, 3.05) is 7.11 Å². The van der Waals surface area contributed by atoms with Gasteiger partial charge < -0.3 is 14.8 Å². The predicted molar refractivity (Wildman–Crippen MR) is 113 cm³/mol. The van der Waals surface area contributed by atoms with Gasteiger partial charge in [-0.3, -0.25) is 4.79 Å². The van der Waals surface area contributed by atoms with Crippen LogP contribution in [0, 0.1) is 0 Å². The van der Waals surface area contributed by atoms with Gasteiger partial charge >= 0.3 is 0 Å². The van der Waals surface area contributed by atoms with E-state index in [1.54, 1.807) is 7.11 Å². The van der Waals surface area contributed by atoms with E-state index in [2.05, 4.69) is 18.3 Å². The molecule has 2 atom stereocenters. The summed E-state index contributed by atoms with van der Waals surface area (Å²) in [7, 11) is 1.64. The number of methoxy groups -OCH3 is 1. The Morgan fingerprint density at radius 2 is 1.57 bits per heavy atom. The molecule has 4 nitrogen and oxygen atoms in total. The molecule has 0 saturated carbocycles. The molecule has 0 bridgehead atoms. The summed E-state index contributed by atoms with van der Waals surface area (Å²) in [6.45, 7) is 4.01. The summed E-state index contributed by atoms with van der Waals surface area (Å²) in [6, 6.07) is 21.7. The third-order valence-electron chi connectivity index (χ3n) is 4.91. The first kappa shape index (κ1) is 19.7. The van der Waals surface area contributed by atoms with Gasteiger partial charge in [-0.1, -0.05) is 56.3 Å². The van der Waals surface area contributed by atoms with E-state index in [-0.39, 0.29) is 11.9 Å². The number of hydrogen-bond acceptors (Lipinski definition) is 3. The first-order chi connectivity index (χ1) is 13.6. The standard InChI is InChI=1S/C24H27NO3/c1-4-22(18-11-13-20(27-3)14-12-18)25-24(26)23(5-2)28-21-15-10-17-8-6-7-9-19(17)16-21/h6-16,22-23H,4-5H2,1-3H3,(H,25,26)/t22-,23+/m1/s1. The van der Waals surface area contributed by atoms with Gasteiger partial charge in [0.05, 0.1) is 13.2 Å². The van der Waals surface area contributed by atoms with Crippen LogP contribution in [0.2, 0.25) is 0 Å². The Kier molecular flexibility index (Phi) is 6.53. The molecular formula is C24H27NO3. The summed E-state index contributed by atoms with van der Waals surface area (Å²) in [4.78, 5) is 12.8. The molecule has 4 heteroatoms. The number of carbonyl (C=O) groups is 1. The molecule has 0 aliphatic carbocycles. The van der Waals surface area contributed by atoms with Gasteiger partial charge in [-0.05, 0) is 53.4 Å². The lowest BCUT2D eigenvalue weighted by atomic mass is 10.0. The van der Waals surface area contributed by atoms with Crippen LogP contribution in [0.15, 0.2) is 66.7 Å². The van der Waals surface area contributed by atoms with Crippen LogP contribution in [-0.2, 0) is 4.79 Å². The Labute approximate surface area is 166 Å². The Bertz CT molecular complexity index is 921. The minimum atomic E-state index is -0.534. The van der Waals surface area contributed by atoms with Crippen molar-refractivity contribution >= 4 is 16.7 Å². The SMILES string of the molecule is CC[C@H](Oc1ccc2ccccc2c1)C(=O)N[C@H](CC)c1ccc(OC)cc1. The fourth-order valence-electron chi connectivity index (χ4n) is 3.25. The van der Waals surface area contributed by atoms with Crippen molar-refractivity contribution in [2.45, 2.75) is 38.8 Å². The third kappa shape index (κ3) is 4.63. The highest BCUT2D eigenvalue weighted by molar-refractivity contribution is 5.84. The van der Waals surface area contributed by atoms with Crippen LogP contribution in [0.1, 0.15) is 38.3 Å². The molecule has 0 aromatic heterocycles. The molecule has 1 amide bonds. The number of amides is 1. The molecule has 0 radical (unpaired) electrons. The van der Waals surface area contributed by atoms with Crippen molar-refractivity contribution in [3.63, 3.8) is 0 Å². The lowest BCUT2D eigenvalue weighted by Crippen LogP contribution is -2.39. The molecule has 0 aliphatic heterocycles. The molecule has 3 aromatic carbocycles. The Balaban J connectivity index is 1.70. The molecule has 28 heavy (non-hydrogen) atoms. The second-order valence-corrected chi connectivity index (χ2v) is 6.77. The first-order valence-corrected chi connectivity index (χ1v) is 9.74. The number of fused-ring (bicyclic) bond motifs is 1. The Morgan fingerprint density at radius 3 is 2.21 bits per heavy atom. The van der Waals surface area contributed by atoms with E-state index in [1.165, 1.54) is 0 Å². The fourth-order valence-corrected chi connectivity index (χ4v) is 3.25. The van der Waals surface area contributed by atoms with Crippen molar-refractivity contribution < 1.29 is 14.3 Å². The van der Waals surface area contributed by atoms with Gasteiger partial charge in [0.1, 0.15) is 11.5 Å². The topological polar surface area (TPSA) is 47.6 Å². The van der Waals surface area contributed by atoms with Crippen molar-refractivity contribution in [3.8, 4) is 11.5 Å². The van der Waals surface area contributed by atoms with Crippen molar-refractivity contribution in [1.29, 1.82) is 0 Å². The van der Waals surface area contributed by atoms with Crippen molar-refractivity contribution in [3.05, 3.63) is 72.3 Å². The van der Waals surface area contributed by atoms with Crippen molar-refractivity contribution in [2.24, 2.45) is 0 Å². The minimum Gasteiger partial charge on any atom is -0.497 e. The van der Waals surface area contributed by atoms with Crippen LogP contribution in [-0.4, -0.2) is 19.1 Å². The number of benzene rings is 3. The van der Waals surface area contributed by atoms with E-state index in [1.807, 2.05) is 67.6 Å². The van der Waals surface area contributed by atoms with Crippen LogP contribution in [0.3, 0.4) is 0 Å². The van der Waals surface area contributed by atoms with Crippen LogP contribution >= 0.6 is 0 Å². The van der Waals surface area contributed by atoms with E-state index < -0.39 is 6.10 Å². The highest BCUT2D eigenvalue weighted by Crippen LogP contribution is 2.23. The number of ether oxygens (including phenoxy) is 2. The number of carbonyl (C=O) groups excluding carboxylic acids is 1. The lowest BCUT2D eigenvalue weighted by molar-refractivity contribution is -0.128. The Hall–Kier alpha value is -3.01. The van der Waals surface area contributed by atoms with E-state index in [0.717, 1.165) is 28.5 Å². The summed E-state index contributed by atoms with van der Waals surface area (Å²) >= 11 is 0. The summed E-state index contributed by atoms with van der Waals surface area (Å²) in [5.41, 5.74) is 1.05. The number of nitrogens with one attached hydrogen (secondary N) is 1. The molecular weight excluding hydrogens is 350 g/mol. The quantitative estimate of drug-likeness (QED) is 0.581. The molecule has 1 N–H and O–H groups in total. The van der Waals surface area contributed by atoms with Crippen LogP contribution in [0.4, 0.5) is 0 Å². The zero-order chi connectivity index (χ0) is 19.9. The molecule has 0 saturated heterocycles. The molecule has 3 aromatic rings. The molecule has 0 spiro atoms. The maximum absolute atomic E-state index is 12.8. The molecule has 3 rings (SSSR count). The maximum atomic E-state index is 12.8. The predicted octanol–water partition coefficient (Wildman–Crippen LogP) is 5.27. The van der Waals surface area contributed by atoms with Crippen LogP contribution in [0.5, 0.6) is 11.5 Å². The van der Waals surface area contributed by atoms with Gasteiger partial charge in [0.15, 0.2) is 6.10 Å². The van der Waals surface area contributed by atoms with Crippen molar-refractivity contribution in [1.82, 2.24) is 5.32 Å². The summed E-state index contributed by atoms with van der Waals surface area (Å²) in [6.07, 6.45) is 0.857. The number of hydrogen-bond donors (Lipinski definition) is 1. The van der Waals surface area contributed by atoms with Crippen LogP contribution < -0.4 is 14.8 Å². The van der Waals surface area contributed by atoms with Gasteiger partial charge in [-0.25, -0.2) is 0 Å². The van der Waals surface area contributed by atoms with Gasteiger partial charge in [0, 0.05) is 0 Å². The second-order valence-electron chi connectivity index (χ2n) is 6.77. The zero-order valence-corrected chi connectivity index (χ0v) is 16.6. The van der Waals surface area contributed by atoms with Gasteiger partial charge in [-0.2, -0.15) is 0 Å². The largest absolute Gasteiger partial charge is 0.497 e. The molecule has 0 aliphatic rings. The van der Waals surface area contributed by atoms with E-state index in [9.17, 15) is 4.79 Å². The lowest BCUT2D eigenvalue weighted by Gasteiger charge is -2.22. The molecule has 0 heterocycles. The minimum absolute atomic E-state index is 0.0624. The number of rotatable bonds is 8. The normalized spacial score (nSPS) is 13.0. The average molecular weight is 377 g/mol. The van der Waals surface area contributed by atoms with Crippen LogP contribution in [0.25, 0.3) is 10.8 Å². The fraction of sp³-hybridized carbons (Fsp3) is 0.292. The summed E-state index contributed by atoms with van der Waals surface area (Å²) in [5, 5.41) is 5.37. The van der Waals surface area contributed by atoms with E-state index in [0.29, 0.717) is 12.2 Å². The van der Waals surface area contributed by atoms with E-state index in [4.69, 9.17) is 9.47 Å². The Morgan fingerprint density at radius 1 is 0.893 bits per heavy atom. The molecule has 0 unspecified atom stereocenters. The molecule has 146 valence electrons. The van der Waals surface area contributed by atoms with E-state index >= 15 is 0 Å². The maximum Gasteiger partial charge on any atom is 0.261 e. The van der Waals surface area contributed by atoms with Gasteiger partial charge in [0.2, 0.25) is 0 Å². The summed E-state index contributed by atoms with van der Waals surface area (Å²) in [5.74, 6) is 1.41. The monoisotopic (exact) mass is 377 g/mol.